The van der Waals surface area contributed by atoms with Crippen molar-refractivity contribution in [3.05, 3.63) is 146 Å². The van der Waals surface area contributed by atoms with Crippen LogP contribution in [0.1, 0.15) is 73.4 Å². The fraction of sp³-hybridized carbons (Fsp3) is 0.324. The molecule has 0 saturated carbocycles. The molecular formula is C71H76F2N10O9Si. The molecule has 10 rings (SSSR count). The number of ether oxygens (including phenoxy) is 4. The van der Waals surface area contributed by atoms with E-state index in [-0.39, 0.29) is 47.0 Å². The van der Waals surface area contributed by atoms with Crippen molar-refractivity contribution in [2.45, 2.75) is 84.5 Å². The van der Waals surface area contributed by atoms with E-state index in [1.165, 1.54) is 24.8 Å². The van der Waals surface area contributed by atoms with Gasteiger partial charge < -0.3 is 43.7 Å². The lowest BCUT2D eigenvalue weighted by Crippen LogP contribution is -2.50. The largest absolute Gasteiger partial charge is 0.508 e. The minimum atomic E-state index is -2.06. The van der Waals surface area contributed by atoms with E-state index in [1.54, 1.807) is 59.6 Å². The number of rotatable bonds is 13. The average molecular weight is 1280 g/mol. The first-order valence-electron chi connectivity index (χ1n) is 30.3. The number of phenols is 1. The molecule has 0 aliphatic carbocycles. The molecule has 2 aliphatic rings. The second-order valence-electron chi connectivity index (χ2n) is 24.0. The molecule has 0 bridgehead atoms. The lowest BCUT2D eigenvalue weighted by atomic mass is 9.96. The number of carbonyl (C=O) groups excluding carboxylic acids is 4. The fourth-order valence-electron chi connectivity index (χ4n) is 11.9. The number of fused-ring (bicyclic) bond motifs is 4. The SMILES string of the molecule is C#Cc1cccc2cc(O)cc(-c3ncc4c(N5CCN(C(=O)C=C)CC5)ncnc4c3F)c12.C=CC(=O)OC(=O)C=C.COCOc1cc(-c2ncc3c(N4CCN(C(=O)OC(C)(C)C)CC4)ncnc3c2F)c2c(C#C[Si](C(C)C)(C(C)C)C(C)C)cccc2c1. The van der Waals surface area contributed by atoms with E-state index in [4.69, 9.17) is 25.6 Å². The molecule has 22 heteroatoms. The fourth-order valence-corrected chi connectivity index (χ4v) is 17.2. The van der Waals surface area contributed by atoms with Gasteiger partial charge in [0.2, 0.25) is 5.91 Å². The summed E-state index contributed by atoms with van der Waals surface area (Å²) in [6.45, 7) is 33.1. The Morgan fingerprint density at radius 3 is 1.62 bits per heavy atom. The van der Waals surface area contributed by atoms with E-state index in [2.05, 4.69) is 108 Å². The van der Waals surface area contributed by atoms with Crippen LogP contribution in [-0.2, 0) is 28.6 Å². The van der Waals surface area contributed by atoms with E-state index in [1.807, 2.05) is 54.8 Å². The lowest BCUT2D eigenvalue weighted by molar-refractivity contribution is -0.152. The second-order valence-corrected chi connectivity index (χ2v) is 29.6. The Morgan fingerprint density at radius 2 is 1.15 bits per heavy atom. The van der Waals surface area contributed by atoms with Crippen molar-refractivity contribution in [2.75, 3.05) is 76.1 Å². The van der Waals surface area contributed by atoms with Crippen molar-refractivity contribution < 1.29 is 52.0 Å². The van der Waals surface area contributed by atoms with Crippen molar-refractivity contribution in [3.8, 4) is 57.8 Å². The standard InChI is InChI=1S/C39H50FN5O4Si.C26H20FN5O2.C6H6O3/c1-25(2)50(26(3)4,27(5)6)19-14-28-12-11-13-29-20-30(48-24-47-10)21-31(33(28)29)35-34(40)36-32(22-41-35)37(43-23-42-36)44-15-17-45(18-16-44)38(46)49-39(7,8)9;1-3-16-6-5-7-17-12-18(33)13-19(22(16)17)24-23(27)25-20(14-28-24)26(30-15-29-25)32-10-8-31(9-11-32)21(34)4-2;1-3-5(7)9-6(8)4-2/h11-13,20-23,25-27H,15-18,24H2,1-10H3;1,4-7,12-15,33H,2,8-11H2;3-4H,1-2H2. The summed E-state index contributed by atoms with van der Waals surface area (Å²) in [5, 5.41) is 14.2. The Balaban J connectivity index is 0.000000222. The van der Waals surface area contributed by atoms with Crippen LogP contribution in [0.5, 0.6) is 11.5 Å². The molecular weight excluding hydrogens is 1200 g/mol. The van der Waals surface area contributed by atoms with Gasteiger partial charge in [0.15, 0.2) is 18.4 Å². The molecule has 93 heavy (non-hydrogen) atoms. The molecule has 1 N–H and O–H groups in total. The van der Waals surface area contributed by atoms with Crippen molar-refractivity contribution in [3.63, 3.8) is 0 Å². The molecule has 4 aromatic carbocycles. The van der Waals surface area contributed by atoms with Gasteiger partial charge in [0.25, 0.3) is 0 Å². The maximum Gasteiger partial charge on any atom is 0.410 e. The van der Waals surface area contributed by atoms with Crippen LogP contribution in [0.3, 0.4) is 0 Å². The molecule has 6 heterocycles. The third kappa shape index (κ3) is 15.3. The van der Waals surface area contributed by atoms with Crippen molar-refractivity contribution in [1.29, 1.82) is 0 Å². The van der Waals surface area contributed by atoms with Crippen LogP contribution < -0.4 is 14.5 Å². The zero-order chi connectivity index (χ0) is 67.5. The number of aromatic nitrogens is 6. The van der Waals surface area contributed by atoms with Crippen LogP contribution in [-0.4, -0.2) is 149 Å². The first-order valence-corrected chi connectivity index (χ1v) is 32.6. The van der Waals surface area contributed by atoms with Crippen LogP contribution in [0.4, 0.5) is 25.2 Å². The predicted molar refractivity (Wildman–Crippen MR) is 361 cm³/mol. The summed E-state index contributed by atoms with van der Waals surface area (Å²) in [4.78, 5) is 78.9. The normalized spacial score (nSPS) is 13.4. The third-order valence-electron chi connectivity index (χ3n) is 16.2. The van der Waals surface area contributed by atoms with Gasteiger partial charge in [-0.25, -0.2) is 43.1 Å². The maximum absolute atomic E-state index is 16.8. The van der Waals surface area contributed by atoms with Gasteiger partial charge in [-0.3, -0.25) is 14.8 Å². The van der Waals surface area contributed by atoms with E-state index >= 15 is 8.78 Å². The quantitative estimate of drug-likeness (QED) is 0.0283. The lowest BCUT2D eigenvalue weighted by Gasteiger charge is -2.38. The number of amides is 2. The smallest absolute Gasteiger partial charge is 0.410 e. The van der Waals surface area contributed by atoms with Gasteiger partial charge in [-0.05, 0) is 90.6 Å². The van der Waals surface area contributed by atoms with Gasteiger partial charge in [-0.1, -0.05) is 97.4 Å². The molecule has 2 amide bonds. The number of anilines is 2. The van der Waals surface area contributed by atoms with Gasteiger partial charge in [0.05, 0.1) is 10.8 Å². The van der Waals surface area contributed by atoms with E-state index in [0.717, 1.165) is 28.5 Å². The molecule has 0 atom stereocenters. The molecule has 8 aromatic rings. The minimum Gasteiger partial charge on any atom is -0.508 e. The number of benzene rings is 4. The number of carbonyl (C=O) groups is 4. The summed E-state index contributed by atoms with van der Waals surface area (Å²) < 4.78 is 53.3. The highest BCUT2D eigenvalue weighted by Crippen LogP contribution is 2.43. The highest BCUT2D eigenvalue weighted by Gasteiger charge is 2.42. The Labute approximate surface area is 541 Å². The molecule has 2 saturated heterocycles. The van der Waals surface area contributed by atoms with Gasteiger partial charge in [-0.2, -0.15) is 0 Å². The highest BCUT2D eigenvalue weighted by atomic mass is 28.3. The number of pyridine rings is 2. The van der Waals surface area contributed by atoms with Crippen LogP contribution >= 0.6 is 0 Å². The Bertz CT molecular complexity index is 4250. The topological polar surface area (TPSA) is 216 Å². The zero-order valence-corrected chi connectivity index (χ0v) is 55.1. The monoisotopic (exact) mass is 1280 g/mol. The number of terminal acetylenes is 1. The van der Waals surface area contributed by atoms with Gasteiger partial charge in [0.1, 0.15) is 71.9 Å². The number of phenolic OH excluding ortho intramolecular Hbond substituents is 1. The number of hydrogen-bond acceptors (Lipinski definition) is 17. The van der Waals surface area contributed by atoms with Gasteiger partial charge in [0, 0.05) is 117 Å². The van der Waals surface area contributed by atoms with Gasteiger partial charge >= 0.3 is 18.0 Å². The van der Waals surface area contributed by atoms with E-state index < -0.39 is 37.2 Å². The summed E-state index contributed by atoms with van der Waals surface area (Å²) >= 11 is 0. The van der Waals surface area contributed by atoms with Crippen LogP contribution in [0.25, 0.3) is 65.9 Å². The summed E-state index contributed by atoms with van der Waals surface area (Å²) in [5.41, 5.74) is 7.49. The molecule has 2 aliphatic heterocycles. The Kier molecular flexibility index (Phi) is 22.1. The third-order valence-corrected chi connectivity index (χ3v) is 22.5. The number of halogens is 2. The number of piperazine rings is 2. The molecule has 0 unspecified atom stereocenters. The number of nitrogens with zero attached hydrogens (tertiary/aromatic N) is 10. The minimum absolute atomic E-state index is 0.0201. The average Bonchev–Trinajstić information content (AvgIpc) is 0.763. The van der Waals surface area contributed by atoms with Gasteiger partial charge in [-0.15, -0.1) is 12.0 Å². The predicted octanol–water partition coefficient (Wildman–Crippen LogP) is 12.5. The molecule has 4 aromatic heterocycles. The molecule has 19 nitrogen and oxygen atoms in total. The maximum atomic E-state index is 16.8. The Hall–Kier alpha value is -10.2. The van der Waals surface area contributed by atoms with Crippen molar-refractivity contribution in [2.24, 2.45) is 0 Å². The van der Waals surface area contributed by atoms with Crippen molar-refractivity contribution >= 4 is 87.0 Å². The number of methoxy groups -OCH3 is 1. The number of aromatic hydroxyl groups is 1. The second kappa shape index (κ2) is 29.9. The van der Waals surface area contributed by atoms with Crippen LogP contribution in [0.2, 0.25) is 16.6 Å². The van der Waals surface area contributed by atoms with Crippen LogP contribution in [0, 0.1) is 35.4 Å². The summed E-state index contributed by atoms with van der Waals surface area (Å²) in [5.74, 6) is 5.04. The zero-order valence-electron chi connectivity index (χ0n) is 54.1. The molecule has 0 spiro atoms. The first kappa shape index (κ1) is 68.7. The van der Waals surface area contributed by atoms with E-state index in [9.17, 15) is 24.3 Å². The summed E-state index contributed by atoms with van der Waals surface area (Å²) in [7, 11) is -0.498. The number of esters is 2. The molecule has 2 fully saturated rings. The number of hydrogen-bond donors (Lipinski definition) is 1. The summed E-state index contributed by atoms with van der Waals surface area (Å²) in [6.07, 6.45) is 14.3. The van der Waals surface area contributed by atoms with Crippen LogP contribution in [0.15, 0.2) is 124 Å². The van der Waals surface area contributed by atoms with E-state index in [0.29, 0.717) is 125 Å². The molecule has 482 valence electrons. The highest BCUT2D eigenvalue weighted by molar-refractivity contribution is 6.90. The van der Waals surface area contributed by atoms with Crippen molar-refractivity contribution in [1.82, 2.24) is 39.7 Å². The first-order chi connectivity index (χ1) is 44.4. The Morgan fingerprint density at radius 1 is 0.667 bits per heavy atom. The molecule has 0 radical (unpaired) electrons. The summed E-state index contributed by atoms with van der Waals surface area (Å²) in [6, 6.07) is 18.1.